The van der Waals surface area contributed by atoms with Crippen LogP contribution in [-0.2, 0) is 11.2 Å². The number of allylic oxidation sites excluding steroid dienone is 1. The van der Waals surface area contributed by atoms with Crippen molar-refractivity contribution in [2.75, 3.05) is 11.4 Å². The summed E-state index contributed by atoms with van der Waals surface area (Å²) >= 11 is 3.53. The van der Waals surface area contributed by atoms with Crippen LogP contribution in [0.4, 0.5) is 5.69 Å². The maximum Gasteiger partial charge on any atom is 0.253 e. The molecule has 2 nitrogen and oxygen atoms in total. The molecule has 1 aliphatic rings. The first kappa shape index (κ1) is 12.4. The molecule has 0 aromatic heterocycles. The van der Waals surface area contributed by atoms with E-state index in [0.717, 1.165) is 34.3 Å². The van der Waals surface area contributed by atoms with Crippen LogP contribution in [0.5, 0.6) is 0 Å². The van der Waals surface area contributed by atoms with Crippen LogP contribution in [0.2, 0.25) is 0 Å². The van der Waals surface area contributed by atoms with Crippen molar-refractivity contribution in [2.45, 2.75) is 27.2 Å². The highest BCUT2D eigenvalue weighted by molar-refractivity contribution is 9.10. The zero-order valence-corrected chi connectivity index (χ0v) is 12.0. The number of halogens is 1. The second-order valence-corrected chi connectivity index (χ2v) is 5.43. The molecule has 17 heavy (non-hydrogen) atoms. The minimum atomic E-state index is 0.121. The molecular formula is C14H16BrNO. The summed E-state index contributed by atoms with van der Waals surface area (Å²) in [6.07, 6.45) is 0.941. The third-order valence-electron chi connectivity index (χ3n) is 3.26. The standard InChI is InChI=1S/C14H16BrNO/c1-9(2)10(3)14(17)16-8-7-11-5-4-6-12(15)13(11)16/h4-6H,7-8H2,1-3H3. The van der Waals surface area contributed by atoms with E-state index >= 15 is 0 Å². The lowest BCUT2D eigenvalue weighted by molar-refractivity contribution is -0.115. The van der Waals surface area contributed by atoms with Crippen LogP contribution in [-0.4, -0.2) is 12.5 Å². The third kappa shape index (κ3) is 2.16. The Morgan fingerprint density at radius 1 is 1.29 bits per heavy atom. The lowest BCUT2D eigenvalue weighted by atomic mass is 10.1. The minimum absolute atomic E-state index is 0.121. The van der Waals surface area contributed by atoms with Gasteiger partial charge in [-0.25, -0.2) is 0 Å². The number of fused-ring (bicyclic) bond motifs is 1. The average Bonchev–Trinajstić information content (AvgIpc) is 2.72. The Labute approximate surface area is 110 Å². The Morgan fingerprint density at radius 2 is 2.00 bits per heavy atom. The fourth-order valence-electron chi connectivity index (χ4n) is 2.03. The van der Waals surface area contributed by atoms with Crippen LogP contribution in [0, 0.1) is 0 Å². The number of rotatable bonds is 1. The predicted molar refractivity (Wildman–Crippen MR) is 74.2 cm³/mol. The van der Waals surface area contributed by atoms with E-state index in [1.54, 1.807) is 0 Å². The molecule has 3 heteroatoms. The molecule has 0 fully saturated rings. The lowest BCUT2D eigenvalue weighted by Crippen LogP contribution is -2.30. The molecule has 0 atom stereocenters. The largest absolute Gasteiger partial charge is 0.307 e. The smallest absolute Gasteiger partial charge is 0.253 e. The van der Waals surface area contributed by atoms with Crippen molar-refractivity contribution in [3.8, 4) is 0 Å². The maximum atomic E-state index is 12.3. The molecule has 0 bridgehead atoms. The molecule has 1 aliphatic heterocycles. The molecule has 1 amide bonds. The van der Waals surface area contributed by atoms with Crippen LogP contribution in [0.15, 0.2) is 33.8 Å². The Kier molecular flexibility index (Phi) is 3.38. The molecule has 1 heterocycles. The summed E-state index contributed by atoms with van der Waals surface area (Å²) in [6.45, 7) is 6.63. The summed E-state index contributed by atoms with van der Waals surface area (Å²) in [6, 6.07) is 6.10. The number of nitrogens with zero attached hydrogens (tertiary/aromatic N) is 1. The normalized spacial score (nSPS) is 13.5. The van der Waals surface area contributed by atoms with Gasteiger partial charge in [0.2, 0.25) is 0 Å². The van der Waals surface area contributed by atoms with E-state index in [0.29, 0.717) is 0 Å². The van der Waals surface area contributed by atoms with Gasteiger partial charge in [-0.05, 0) is 54.8 Å². The fraction of sp³-hybridized carbons (Fsp3) is 0.357. The summed E-state index contributed by atoms with van der Waals surface area (Å²) in [4.78, 5) is 14.2. The highest BCUT2D eigenvalue weighted by Gasteiger charge is 2.27. The number of amides is 1. The van der Waals surface area contributed by atoms with E-state index in [1.165, 1.54) is 5.56 Å². The first-order valence-corrected chi connectivity index (χ1v) is 6.55. The molecule has 1 aromatic carbocycles. The number of carbonyl (C=O) groups excluding carboxylic acids is 1. The van der Waals surface area contributed by atoms with Gasteiger partial charge >= 0.3 is 0 Å². The Bertz CT molecular complexity index is 501. The number of hydrogen-bond donors (Lipinski definition) is 0. The summed E-state index contributed by atoms with van der Waals surface area (Å²) in [7, 11) is 0. The summed E-state index contributed by atoms with van der Waals surface area (Å²) in [5.41, 5.74) is 4.21. The number of anilines is 1. The number of para-hydroxylation sites is 1. The van der Waals surface area contributed by atoms with Crippen LogP contribution in [0.3, 0.4) is 0 Å². The third-order valence-corrected chi connectivity index (χ3v) is 3.90. The minimum Gasteiger partial charge on any atom is -0.307 e. The van der Waals surface area contributed by atoms with E-state index in [4.69, 9.17) is 0 Å². The highest BCUT2D eigenvalue weighted by atomic mass is 79.9. The van der Waals surface area contributed by atoms with Gasteiger partial charge in [-0.2, -0.15) is 0 Å². The summed E-state index contributed by atoms with van der Waals surface area (Å²) in [5.74, 6) is 0.121. The van der Waals surface area contributed by atoms with Crippen molar-refractivity contribution in [2.24, 2.45) is 0 Å². The van der Waals surface area contributed by atoms with Gasteiger partial charge in [0.15, 0.2) is 0 Å². The van der Waals surface area contributed by atoms with Crippen LogP contribution < -0.4 is 4.90 Å². The zero-order chi connectivity index (χ0) is 12.6. The second-order valence-electron chi connectivity index (χ2n) is 4.58. The Morgan fingerprint density at radius 3 is 2.65 bits per heavy atom. The molecule has 0 N–H and O–H groups in total. The quantitative estimate of drug-likeness (QED) is 0.723. The molecular weight excluding hydrogens is 278 g/mol. The Hall–Kier alpha value is -1.09. The van der Waals surface area contributed by atoms with Gasteiger partial charge in [0, 0.05) is 16.6 Å². The van der Waals surface area contributed by atoms with Gasteiger partial charge in [-0.15, -0.1) is 0 Å². The van der Waals surface area contributed by atoms with Gasteiger partial charge in [0.1, 0.15) is 0 Å². The van der Waals surface area contributed by atoms with Gasteiger partial charge in [-0.3, -0.25) is 4.79 Å². The number of hydrogen-bond acceptors (Lipinski definition) is 1. The first-order valence-electron chi connectivity index (χ1n) is 5.75. The van der Waals surface area contributed by atoms with Crippen molar-refractivity contribution in [1.82, 2.24) is 0 Å². The maximum absolute atomic E-state index is 12.3. The molecule has 0 spiro atoms. The molecule has 0 radical (unpaired) electrons. The molecule has 90 valence electrons. The van der Waals surface area contributed by atoms with Crippen molar-refractivity contribution in [3.63, 3.8) is 0 Å². The average molecular weight is 294 g/mol. The van der Waals surface area contributed by atoms with Crippen molar-refractivity contribution >= 4 is 27.5 Å². The molecule has 0 aliphatic carbocycles. The van der Waals surface area contributed by atoms with Crippen molar-refractivity contribution in [3.05, 3.63) is 39.4 Å². The van der Waals surface area contributed by atoms with Gasteiger partial charge in [0.05, 0.1) is 5.69 Å². The topological polar surface area (TPSA) is 20.3 Å². The molecule has 1 aromatic rings. The van der Waals surface area contributed by atoms with E-state index in [1.807, 2.05) is 37.8 Å². The van der Waals surface area contributed by atoms with E-state index in [2.05, 4.69) is 22.0 Å². The van der Waals surface area contributed by atoms with E-state index in [-0.39, 0.29) is 5.91 Å². The molecule has 0 saturated carbocycles. The van der Waals surface area contributed by atoms with Crippen LogP contribution in [0.1, 0.15) is 26.3 Å². The predicted octanol–water partition coefficient (Wildman–Crippen LogP) is 3.69. The lowest BCUT2D eigenvalue weighted by Gasteiger charge is -2.19. The van der Waals surface area contributed by atoms with Crippen LogP contribution >= 0.6 is 15.9 Å². The van der Waals surface area contributed by atoms with E-state index in [9.17, 15) is 4.79 Å². The number of benzene rings is 1. The monoisotopic (exact) mass is 293 g/mol. The van der Waals surface area contributed by atoms with Crippen molar-refractivity contribution < 1.29 is 4.79 Å². The van der Waals surface area contributed by atoms with Gasteiger partial charge in [0.25, 0.3) is 5.91 Å². The molecule has 2 rings (SSSR count). The van der Waals surface area contributed by atoms with Crippen LogP contribution in [0.25, 0.3) is 0 Å². The zero-order valence-electron chi connectivity index (χ0n) is 10.4. The fourth-order valence-corrected chi connectivity index (χ4v) is 2.65. The SMILES string of the molecule is CC(C)=C(C)C(=O)N1CCc2cccc(Br)c21. The summed E-state index contributed by atoms with van der Waals surface area (Å²) in [5, 5.41) is 0. The van der Waals surface area contributed by atoms with Gasteiger partial charge < -0.3 is 4.90 Å². The number of carbonyl (C=O) groups is 1. The second kappa shape index (κ2) is 4.65. The van der Waals surface area contributed by atoms with Gasteiger partial charge in [-0.1, -0.05) is 17.7 Å². The Balaban J connectivity index is 2.41. The molecule has 0 saturated heterocycles. The highest BCUT2D eigenvalue weighted by Crippen LogP contribution is 2.36. The summed E-state index contributed by atoms with van der Waals surface area (Å²) < 4.78 is 1.00. The van der Waals surface area contributed by atoms with E-state index < -0.39 is 0 Å². The first-order chi connectivity index (χ1) is 8.02. The van der Waals surface area contributed by atoms with Crippen molar-refractivity contribution in [1.29, 1.82) is 0 Å². The molecule has 0 unspecified atom stereocenters.